The third-order valence-electron chi connectivity index (χ3n) is 7.16. The van der Waals surface area contributed by atoms with E-state index < -0.39 is 4.92 Å². The van der Waals surface area contributed by atoms with Gasteiger partial charge >= 0.3 is 0 Å². The number of nitro benzene ring substituents is 1. The number of amides is 2. The standard InChI is InChI=1S/C30H30N6O5S/c1-20-4-6-22(7-5-20)28-31-32-30(35(28)24-12-14-26(41-3)15-13-24)42-19-27(37)33-16-17-34(21(2)18-33)29(38)23-8-10-25(11-9-23)36(39)40/h4-15,21H,16-19H2,1-3H3. The first-order valence-electron chi connectivity index (χ1n) is 13.4. The molecule has 11 nitrogen and oxygen atoms in total. The normalized spacial score (nSPS) is 15.0. The van der Waals surface area contributed by atoms with Gasteiger partial charge in [-0.3, -0.25) is 24.3 Å². The Balaban J connectivity index is 1.27. The number of carbonyl (C=O) groups is 2. The van der Waals surface area contributed by atoms with Crippen molar-refractivity contribution in [2.75, 3.05) is 32.5 Å². The number of rotatable bonds is 8. The second kappa shape index (κ2) is 12.4. The van der Waals surface area contributed by atoms with Gasteiger partial charge in [-0.05, 0) is 50.2 Å². The van der Waals surface area contributed by atoms with Crippen molar-refractivity contribution in [3.63, 3.8) is 0 Å². The molecule has 1 unspecified atom stereocenters. The van der Waals surface area contributed by atoms with Gasteiger partial charge in [0.2, 0.25) is 5.91 Å². The number of nitro groups is 1. The van der Waals surface area contributed by atoms with Crippen LogP contribution < -0.4 is 4.74 Å². The third kappa shape index (κ3) is 6.13. The van der Waals surface area contributed by atoms with Gasteiger partial charge in [0.15, 0.2) is 11.0 Å². The molecule has 0 bridgehead atoms. The van der Waals surface area contributed by atoms with Crippen LogP contribution in [-0.4, -0.2) is 79.8 Å². The molecule has 5 rings (SSSR count). The third-order valence-corrected chi connectivity index (χ3v) is 8.08. The molecular weight excluding hydrogens is 556 g/mol. The maximum absolute atomic E-state index is 13.3. The number of carbonyl (C=O) groups excluding carboxylic acids is 2. The van der Waals surface area contributed by atoms with Crippen molar-refractivity contribution in [1.82, 2.24) is 24.6 Å². The number of hydrogen-bond acceptors (Lipinski definition) is 8. The van der Waals surface area contributed by atoms with Crippen LogP contribution in [0.25, 0.3) is 17.1 Å². The minimum absolute atomic E-state index is 0.0598. The van der Waals surface area contributed by atoms with Gasteiger partial charge < -0.3 is 14.5 Å². The Bertz CT molecular complexity index is 1590. The minimum atomic E-state index is -0.498. The summed E-state index contributed by atoms with van der Waals surface area (Å²) in [6.07, 6.45) is 0. The topological polar surface area (TPSA) is 124 Å². The molecule has 4 aromatic rings. The van der Waals surface area contributed by atoms with Gasteiger partial charge in [0.1, 0.15) is 5.75 Å². The van der Waals surface area contributed by atoms with Gasteiger partial charge in [0.05, 0.1) is 17.8 Å². The van der Waals surface area contributed by atoms with Crippen LogP contribution in [0, 0.1) is 17.0 Å². The van der Waals surface area contributed by atoms with Gasteiger partial charge in [-0.1, -0.05) is 41.6 Å². The van der Waals surface area contributed by atoms with E-state index >= 15 is 0 Å². The fourth-order valence-corrected chi connectivity index (χ4v) is 5.67. The second-order valence-electron chi connectivity index (χ2n) is 9.99. The van der Waals surface area contributed by atoms with Gasteiger partial charge in [-0.25, -0.2) is 0 Å². The number of piperazine rings is 1. The number of aromatic nitrogens is 3. The van der Waals surface area contributed by atoms with Crippen molar-refractivity contribution in [3.05, 3.63) is 94.0 Å². The summed E-state index contributed by atoms with van der Waals surface area (Å²) in [6.45, 7) is 5.06. The van der Waals surface area contributed by atoms with E-state index in [0.717, 1.165) is 22.6 Å². The van der Waals surface area contributed by atoms with Crippen molar-refractivity contribution in [1.29, 1.82) is 0 Å². The molecule has 1 aliphatic heterocycles. The van der Waals surface area contributed by atoms with E-state index in [0.29, 0.717) is 36.2 Å². The van der Waals surface area contributed by atoms with E-state index in [-0.39, 0.29) is 29.3 Å². The lowest BCUT2D eigenvalue weighted by molar-refractivity contribution is -0.384. The van der Waals surface area contributed by atoms with Crippen LogP contribution in [0.3, 0.4) is 0 Å². The molecule has 0 radical (unpaired) electrons. The predicted octanol–water partition coefficient (Wildman–Crippen LogP) is 4.62. The highest BCUT2D eigenvalue weighted by Crippen LogP contribution is 2.29. The fraction of sp³-hybridized carbons (Fsp3) is 0.267. The van der Waals surface area contributed by atoms with Crippen LogP contribution in [0.1, 0.15) is 22.8 Å². The van der Waals surface area contributed by atoms with E-state index in [1.165, 1.54) is 36.0 Å². The Morgan fingerprint density at radius 2 is 1.69 bits per heavy atom. The predicted molar refractivity (Wildman–Crippen MR) is 159 cm³/mol. The smallest absolute Gasteiger partial charge is 0.269 e. The Kier molecular flexibility index (Phi) is 8.53. The van der Waals surface area contributed by atoms with Crippen LogP contribution in [0.4, 0.5) is 5.69 Å². The monoisotopic (exact) mass is 586 g/mol. The summed E-state index contributed by atoms with van der Waals surface area (Å²) in [5, 5.41) is 20.4. The zero-order chi connectivity index (χ0) is 29.8. The molecule has 0 N–H and O–H groups in total. The van der Waals surface area contributed by atoms with E-state index in [2.05, 4.69) is 10.2 Å². The molecule has 12 heteroatoms. The molecule has 0 spiro atoms. The SMILES string of the molecule is COc1ccc(-n2c(SCC(=O)N3CCN(C(=O)c4ccc([N+](=O)[O-])cc4)C(C)C3)nnc2-c2ccc(C)cc2)cc1. The quantitative estimate of drug-likeness (QED) is 0.166. The first-order valence-corrected chi connectivity index (χ1v) is 14.4. The van der Waals surface area contributed by atoms with E-state index in [1.807, 2.05) is 66.9 Å². The van der Waals surface area contributed by atoms with Crippen LogP contribution in [0.5, 0.6) is 5.75 Å². The van der Waals surface area contributed by atoms with Crippen molar-refractivity contribution >= 4 is 29.3 Å². The molecule has 1 aliphatic rings. The maximum Gasteiger partial charge on any atom is 0.269 e. The maximum atomic E-state index is 13.3. The summed E-state index contributed by atoms with van der Waals surface area (Å²) in [6, 6.07) is 21.0. The lowest BCUT2D eigenvalue weighted by atomic mass is 10.1. The summed E-state index contributed by atoms with van der Waals surface area (Å²) in [5.41, 5.74) is 3.20. The van der Waals surface area contributed by atoms with Gasteiger partial charge in [0, 0.05) is 54.6 Å². The Morgan fingerprint density at radius 3 is 2.31 bits per heavy atom. The van der Waals surface area contributed by atoms with Gasteiger partial charge in [0.25, 0.3) is 11.6 Å². The average molecular weight is 587 g/mol. The van der Waals surface area contributed by atoms with Crippen molar-refractivity contribution < 1.29 is 19.2 Å². The summed E-state index contributed by atoms with van der Waals surface area (Å²) in [5.74, 6) is 1.28. The summed E-state index contributed by atoms with van der Waals surface area (Å²) in [7, 11) is 1.62. The summed E-state index contributed by atoms with van der Waals surface area (Å²) in [4.78, 5) is 40.2. The van der Waals surface area contributed by atoms with Gasteiger partial charge in [-0.2, -0.15) is 0 Å². The van der Waals surface area contributed by atoms with Crippen LogP contribution in [0.2, 0.25) is 0 Å². The fourth-order valence-electron chi connectivity index (χ4n) is 4.81. The highest BCUT2D eigenvalue weighted by molar-refractivity contribution is 7.99. The molecule has 1 aromatic heterocycles. The highest BCUT2D eigenvalue weighted by atomic mass is 32.2. The molecule has 1 atom stereocenters. The van der Waals surface area contributed by atoms with Crippen molar-refractivity contribution in [2.45, 2.75) is 25.0 Å². The van der Waals surface area contributed by atoms with Crippen LogP contribution in [0.15, 0.2) is 78.0 Å². The molecule has 1 saturated heterocycles. The molecule has 3 aromatic carbocycles. The molecule has 0 aliphatic carbocycles. The van der Waals surface area contributed by atoms with E-state index in [4.69, 9.17) is 4.74 Å². The minimum Gasteiger partial charge on any atom is -0.497 e. The Hall–Kier alpha value is -4.71. The van der Waals surface area contributed by atoms with Crippen molar-refractivity contribution in [2.24, 2.45) is 0 Å². The number of benzene rings is 3. The Morgan fingerprint density at radius 1 is 1.00 bits per heavy atom. The number of hydrogen-bond donors (Lipinski definition) is 0. The zero-order valence-corrected chi connectivity index (χ0v) is 24.3. The first-order chi connectivity index (χ1) is 20.2. The molecule has 2 heterocycles. The largest absolute Gasteiger partial charge is 0.497 e. The molecule has 216 valence electrons. The van der Waals surface area contributed by atoms with E-state index in [1.54, 1.807) is 16.9 Å². The lowest BCUT2D eigenvalue weighted by Crippen LogP contribution is -2.55. The van der Waals surface area contributed by atoms with Crippen LogP contribution in [-0.2, 0) is 4.79 Å². The average Bonchev–Trinajstić information content (AvgIpc) is 3.43. The summed E-state index contributed by atoms with van der Waals surface area (Å²) >= 11 is 1.31. The highest BCUT2D eigenvalue weighted by Gasteiger charge is 2.31. The number of ether oxygens (including phenoxy) is 1. The van der Waals surface area contributed by atoms with Crippen molar-refractivity contribution in [3.8, 4) is 22.8 Å². The zero-order valence-electron chi connectivity index (χ0n) is 23.5. The number of thioether (sulfide) groups is 1. The Labute approximate surface area is 247 Å². The van der Waals surface area contributed by atoms with Gasteiger partial charge in [-0.15, -0.1) is 10.2 Å². The first kappa shape index (κ1) is 28.8. The molecule has 2 amide bonds. The van der Waals surface area contributed by atoms with E-state index in [9.17, 15) is 19.7 Å². The van der Waals surface area contributed by atoms with Crippen LogP contribution >= 0.6 is 11.8 Å². The molecule has 0 saturated carbocycles. The number of aryl methyl sites for hydroxylation is 1. The summed E-state index contributed by atoms with van der Waals surface area (Å²) < 4.78 is 7.25. The molecule has 1 fully saturated rings. The number of methoxy groups -OCH3 is 1. The number of nitrogens with zero attached hydrogens (tertiary/aromatic N) is 6. The molecule has 42 heavy (non-hydrogen) atoms. The second-order valence-corrected chi connectivity index (χ2v) is 10.9. The molecular formula is C30H30N6O5S. The lowest BCUT2D eigenvalue weighted by Gasteiger charge is -2.40. The number of non-ortho nitro benzene ring substituents is 1.